The topological polar surface area (TPSA) is 38.3 Å². The van der Waals surface area contributed by atoms with Crippen molar-refractivity contribution in [2.45, 2.75) is 77.9 Å². The largest absolute Gasteiger partial charge is 0.481 e. The summed E-state index contributed by atoms with van der Waals surface area (Å²) < 4.78 is 5.92. The van der Waals surface area contributed by atoms with Crippen molar-refractivity contribution < 1.29 is 9.53 Å². The standard InChI is InChI=1S/C19H29NO2/c1-4-18(22-17-12-11-14(2)15(3)13-17)19(21)20-16-9-7-5-6-8-10-16/h11-13,16,18H,4-10H2,1-3H3,(H,20,21)/t18-/m0/s1. The van der Waals surface area contributed by atoms with E-state index in [2.05, 4.69) is 19.2 Å². The zero-order valence-corrected chi connectivity index (χ0v) is 14.2. The van der Waals surface area contributed by atoms with Gasteiger partial charge >= 0.3 is 0 Å². The Balaban J connectivity index is 1.94. The van der Waals surface area contributed by atoms with Crippen LogP contribution < -0.4 is 10.1 Å². The monoisotopic (exact) mass is 303 g/mol. The lowest BCUT2D eigenvalue weighted by molar-refractivity contribution is -0.128. The molecule has 0 aliphatic heterocycles. The number of aryl methyl sites for hydroxylation is 2. The Hall–Kier alpha value is -1.51. The fourth-order valence-corrected chi connectivity index (χ4v) is 2.99. The minimum Gasteiger partial charge on any atom is -0.481 e. The van der Waals surface area contributed by atoms with E-state index in [1.807, 2.05) is 25.1 Å². The van der Waals surface area contributed by atoms with Gasteiger partial charge in [-0.2, -0.15) is 0 Å². The van der Waals surface area contributed by atoms with Gasteiger partial charge in [-0.15, -0.1) is 0 Å². The molecule has 0 spiro atoms. The lowest BCUT2D eigenvalue weighted by Crippen LogP contribution is -2.43. The maximum Gasteiger partial charge on any atom is 0.261 e. The number of carbonyl (C=O) groups is 1. The maximum atomic E-state index is 12.5. The number of hydrogen-bond acceptors (Lipinski definition) is 2. The third-order valence-electron chi connectivity index (χ3n) is 4.62. The Bertz CT molecular complexity index is 490. The second-order valence-corrected chi connectivity index (χ2v) is 6.46. The molecule has 1 N–H and O–H groups in total. The molecule has 1 aliphatic rings. The fraction of sp³-hybridized carbons (Fsp3) is 0.632. The summed E-state index contributed by atoms with van der Waals surface area (Å²) in [4.78, 5) is 12.5. The summed E-state index contributed by atoms with van der Waals surface area (Å²) in [6.45, 7) is 6.14. The van der Waals surface area contributed by atoms with Crippen LogP contribution in [0.15, 0.2) is 18.2 Å². The zero-order valence-electron chi connectivity index (χ0n) is 14.2. The van der Waals surface area contributed by atoms with Gasteiger partial charge in [0.25, 0.3) is 5.91 Å². The average Bonchev–Trinajstić information content (AvgIpc) is 2.77. The van der Waals surface area contributed by atoms with Crippen molar-refractivity contribution in [1.29, 1.82) is 0 Å². The summed E-state index contributed by atoms with van der Waals surface area (Å²) in [5.41, 5.74) is 2.43. The predicted octanol–water partition coefficient (Wildman–Crippen LogP) is 4.30. The van der Waals surface area contributed by atoms with E-state index in [4.69, 9.17) is 4.74 Å². The second kappa shape index (κ2) is 8.21. The molecule has 0 unspecified atom stereocenters. The van der Waals surface area contributed by atoms with Crippen molar-refractivity contribution in [3.05, 3.63) is 29.3 Å². The summed E-state index contributed by atoms with van der Waals surface area (Å²) in [5, 5.41) is 3.19. The van der Waals surface area contributed by atoms with E-state index in [-0.39, 0.29) is 5.91 Å². The number of nitrogens with one attached hydrogen (secondary N) is 1. The first-order chi connectivity index (χ1) is 10.6. The van der Waals surface area contributed by atoms with Crippen LogP contribution in [-0.2, 0) is 4.79 Å². The molecule has 2 rings (SSSR count). The van der Waals surface area contributed by atoms with Crippen molar-refractivity contribution in [2.75, 3.05) is 0 Å². The Kier molecular flexibility index (Phi) is 6.29. The van der Waals surface area contributed by atoms with Crippen LogP contribution in [0.1, 0.15) is 63.0 Å². The Labute approximate surface area is 134 Å². The fourth-order valence-electron chi connectivity index (χ4n) is 2.99. The van der Waals surface area contributed by atoms with Crippen LogP contribution in [-0.4, -0.2) is 18.1 Å². The van der Waals surface area contributed by atoms with E-state index in [0.29, 0.717) is 12.5 Å². The molecule has 3 heteroatoms. The van der Waals surface area contributed by atoms with E-state index < -0.39 is 6.10 Å². The van der Waals surface area contributed by atoms with E-state index in [1.165, 1.54) is 36.8 Å². The molecule has 3 nitrogen and oxygen atoms in total. The Morgan fingerprint density at radius 1 is 1.18 bits per heavy atom. The van der Waals surface area contributed by atoms with Crippen LogP contribution >= 0.6 is 0 Å². The average molecular weight is 303 g/mol. The molecule has 1 amide bonds. The van der Waals surface area contributed by atoms with Gasteiger partial charge in [-0.25, -0.2) is 0 Å². The molecule has 1 saturated carbocycles. The first kappa shape index (κ1) is 16.9. The van der Waals surface area contributed by atoms with Crippen LogP contribution in [0, 0.1) is 13.8 Å². The first-order valence-electron chi connectivity index (χ1n) is 8.64. The van der Waals surface area contributed by atoms with E-state index in [0.717, 1.165) is 18.6 Å². The third kappa shape index (κ3) is 4.75. The van der Waals surface area contributed by atoms with Crippen LogP contribution in [0.2, 0.25) is 0 Å². The molecule has 1 aromatic carbocycles. The Morgan fingerprint density at radius 2 is 1.86 bits per heavy atom. The summed E-state index contributed by atoms with van der Waals surface area (Å²) in [5.74, 6) is 0.818. The van der Waals surface area contributed by atoms with Crippen LogP contribution in [0.5, 0.6) is 5.75 Å². The summed E-state index contributed by atoms with van der Waals surface area (Å²) in [7, 11) is 0. The number of hydrogen-bond donors (Lipinski definition) is 1. The molecule has 0 saturated heterocycles. The van der Waals surface area contributed by atoms with Gasteiger partial charge in [-0.3, -0.25) is 4.79 Å². The lowest BCUT2D eigenvalue weighted by Gasteiger charge is -2.22. The number of amides is 1. The van der Waals surface area contributed by atoms with Crippen molar-refractivity contribution >= 4 is 5.91 Å². The molecule has 0 aromatic heterocycles. The highest BCUT2D eigenvalue weighted by atomic mass is 16.5. The number of carbonyl (C=O) groups excluding carboxylic acids is 1. The Morgan fingerprint density at radius 3 is 2.45 bits per heavy atom. The van der Waals surface area contributed by atoms with Gasteiger partial charge < -0.3 is 10.1 Å². The summed E-state index contributed by atoms with van der Waals surface area (Å²) in [6.07, 6.45) is 7.53. The predicted molar refractivity (Wildman–Crippen MR) is 90.3 cm³/mol. The van der Waals surface area contributed by atoms with Crippen LogP contribution in [0.4, 0.5) is 0 Å². The van der Waals surface area contributed by atoms with Gasteiger partial charge in [0.2, 0.25) is 0 Å². The van der Waals surface area contributed by atoms with Gasteiger partial charge in [0.1, 0.15) is 5.75 Å². The van der Waals surface area contributed by atoms with Crippen molar-refractivity contribution in [3.8, 4) is 5.75 Å². The SMILES string of the molecule is CC[C@H](Oc1ccc(C)c(C)c1)C(=O)NC1CCCCCC1. The van der Waals surface area contributed by atoms with Gasteiger partial charge in [0.15, 0.2) is 6.10 Å². The van der Waals surface area contributed by atoms with Gasteiger partial charge in [-0.1, -0.05) is 38.7 Å². The molecule has 1 aromatic rings. The smallest absolute Gasteiger partial charge is 0.261 e. The molecule has 0 radical (unpaired) electrons. The summed E-state index contributed by atoms with van der Waals surface area (Å²) in [6, 6.07) is 6.33. The zero-order chi connectivity index (χ0) is 15.9. The quantitative estimate of drug-likeness (QED) is 0.824. The van der Waals surface area contributed by atoms with Crippen molar-refractivity contribution in [1.82, 2.24) is 5.32 Å². The molecule has 1 fully saturated rings. The van der Waals surface area contributed by atoms with Gasteiger partial charge in [0.05, 0.1) is 0 Å². The normalized spacial score (nSPS) is 17.6. The summed E-state index contributed by atoms with van der Waals surface area (Å²) >= 11 is 0. The highest BCUT2D eigenvalue weighted by Crippen LogP contribution is 2.20. The molecule has 0 heterocycles. The van der Waals surface area contributed by atoms with E-state index in [1.54, 1.807) is 0 Å². The molecule has 0 bridgehead atoms. The number of benzene rings is 1. The van der Waals surface area contributed by atoms with Crippen molar-refractivity contribution in [3.63, 3.8) is 0 Å². The first-order valence-corrected chi connectivity index (χ1v) is 8.64. The minimum absolute atomic E-state index is 0.0348. The maximum absolute atomic E-state index is 12.5. The molecular formula is C19H29NO2. The molecule has 1 atom stereocenters. The third-order valence-corrected chi connectivity index (χ3v) is 4.62. The molecular weight excluding hydrogens is 274 g/mol. The highest BCUT2D eigenvalue weighted by molar-refractivity contribution is 5.81. The van der Waals surface area contributed by atoms with Crippen LogP contribution in [0.3, 0.4) is 0 Å². The van der Waals surface area contributed by atoms with E-state index in [9.17, 15) is 4.79 Å². The second-order valence-electron chi connectivity index (χ2n) is 6.46. The lowest BCUT2D eigenvalue weighted by atomic mass is 10.1. The molecule has 22 heavy (non-hydrogen) atoms. The van der Waals surface area contributed by atoms with Gasteiger partial charge in [-0.05, 0) is 56.4 Å². The van der Waals surface area contributed by atoms with Crippen LogP contribution in [0.25, 0.3) is 0 Å². The highest BCUT2D eigenvalue weighted by Gasteiger charge is 2.22. The molecule has 122 valence electrons. The van der Waals surface area contributed by atoms with E-state index >= 15 is 0 Å². The minimum atomic E-state index is -0.398. The molecule has 1 aliphatic carbocycles. The number of rotatable bonds is 5. The van der Waals surface area contributed by atoms with Gasteiger partial charge in [0, 0.05) is 6.04 Å². The number of ether oxygens (including phenoxy) is 1. The van der Waals surface area contributed by atoms with Crippen molar-refractivity contribution in [2.24, 2.45) is 0 Å².